The molecular formula is C15H30N2O2. The molecule has 1 aliphatic carbocycles. The minimum atomic E-state index is -0.456. The van der Waals surface area contributed by atoms with Crippen LogP contribution in [0.5, 0.6) is 0 Å². The van der Waals surface area contributed by atoms with Crippen molar-refractivity contribution in [2.45, 2.75) is 71.4 Å². The summed E-state index contributed by atoms with van der Waals surface area (Å²) < 4.78 is 5.53. The fourth-order valence-corrected chi connectivity index (χ4v) is 2.86. The Morgan fingerprint density at radius 2 is 1.89 bits per heavy atom. The van der Waals surface area contributed by atoms with Gasteiger partial charge >= 0.3 is 6.09 Å². The molecule has 0 bridgehead atoms. The molecule has 0 heterocycles. The summed E-state index contributed by atoms with van der Waals surface area (Å²) in [5.74, 6) is 0.733. The summed E-state index contributed by atoms with van der Waals surface area (Å²) in [5.41, 5.74) is 5.35. The minimum absolute atomic E-state index is 0.205. The van der Waals surface area contributed by atoms with Crippen LogP contribution in [0.1, 0.15) is 60.3 Å². The molecule has 0 atom stereocenters. The molecule has 112 valence electrons. The summed E-state index contributed by atoms with van der Waals surface area (Å²) in [5, 5.41) is 0. The van der Waals surface area contributed by atoms with Crippen LogP contribution in [-0.2, 0) is 4.74 Å². The Kier molecular flexibility index (Phi) is 5.25. The van der Waals surface area contributed by atoms with Gasteiger partial charge in [-0.15, -0.1) is 0 Å². The fraction of sp³-hybridized carbons (Fsp3) is 0.933. The Labute approximate surface area is 117 Å². The molecule has 0 aliphatic heterocycles. The second-order valence-electron chi connectivity index (χ2n) is 6.84. The maximum Gasteiger partial charge on any atom is 0.410 e. The summed E-state index contributed by atoms with van der Waals surface area (Å²) >= 11 is 0. The van der Waals surface area contributed by atoms with E-state index in [0.29, 0.717) is 13.1 Å². The molecule has 19 heavy (non-hydrogen) atoms. The molecule has 2 N–H and O–H groups in total. The highest BCUT2D eigenvalue weighted by Crippen LogP contribution is 2.36. The Bertz CT molecular complexity index is 302. The Morgan fingerprint density at radius 1 is 1.37 bits per heavy atom. The molecule has 0 aromatic heterocycles. The van der Waals surface area contributed by atoms with Gasteiger partial charge in [-0.2, -0.15) is 0 Å². The number of nitrogens with two attached hydrogens (primary N) is 1. The van der Waals surface area contributed by atoms with Gasteiger partial charge in [0.1, 0.15) is 5.60 Å². The zero-order valence-corrected chi connectivity index (χ0v) is 13.2. The van der Waals surface area contributed by atoms with Crippen molar-refractivity contribution in [3.05, 3.63) is 0 Å². The molecule has 1 rings (SSSR count). The maximum atomic E-state index is 12.4. The first-order valence-electron chi connectivity index (χ1n) is 7.45. The third-order valence-electron chi connectivity index (χ3n) is 4.09. The van der Waals surface area contributed by atoms with Crippen LogP contribution in [0.2, 0.25) is 0 Å². The second kappa shape index (κ2) is 6.12. The molecule has 0 aromatic rings. The van der Waals surface area contributed by atoms with Gasteiger partial charge in [0.05, 0.1) is 5.54 Å². The first-order valence-corrected chi connectivity index (χ1v) is 7.45. The van der Waals surface area contributed by atoms with E-state index < -0.39 is 5.60 Å². The van der Waals surface area contributed by atoms with Crippen molar-refractivity contribution < 1.29 is 9.53 Å². The second-order valence-corrected chi connectivity index (χ2v) is 6.84. The number of amides is 1. The molecule has 0 aromatic carbocycles. The van der Waals surface area contributed by atoms with Crippen LogP contribution in [0.25, 0.3) is 0 Å². The first kappa shape index (κ1) is 16.3. The van der Waals surface area contributed by atoms with Crippen LogP contribution in [-0.4, -0.2) is 35.2 Å². The Hall–Kier alpha value is -0.770. The van der Waals surface area contributed by atoms with Crippen LogP contribution in [0, 0.1) is 5.92 Å². The highest BCUT2D eigenvalue weighted by molar-refractivity contribution is 5.69. The lowest BCUT2D eigenvalue weighted by molar-refractivity contribution is -0.0127. The van der Waals surface area contributed by atoms with E-state index in [1.807, 2.05) is 32.6 Å². The van der Waals surface area contributed by atoms with Gasteiger partial charge in [0.15, 0.2) is 0 Å². The zero-order valence-electron chi connectivity index (χ0n) is 13.2. The van der Waals surface area contributed by atoms with Crippen molar-refractivity contribution >= 4 is 6.09 Å². The number of hydrogen-bond acceptors (Lipinski definition) is 3. The summed E-state index contributed by atoms with van der Waals surface area (Å²) in [4.78, 5) is 14.2. The standard InChI is InChI=1S/C15H30N2O2/c1-6-17(13(18)19-14(3,4)5)15(11-16)9-7-12(2)8-10-15/h12H,6-11,16H2,1-5H3. The smallest absolute Gasteiger partial charge is 0.410 e. The highest BCUT2D eigenvalue weighted by atomic mass is 16.6. The van der Waals surface area contributed by atoms with Crippen molar-refractivity contribution in [2.75, 3.05) is 13.1 Å². The fourth-order valence-electron chi connectivity index (χ4n) is 2.86. The molecule has 1 saturated carbocycles. The molecule has 0 radical (unpaired) electrons. The number of hydrogen-bond donors (Lipinski definition) is 1. The lowest BCUT2D eigenvalue weighted by atomic mass is 9.76. The predicted octanol–water partition coefficient (Wildman–Crippen LogP) is 3.15. The Morgan fingerprint density at radius 3 is 2.26 bits per heavy atom. The molecule has 4 heteroatoms. The van der Waals surface area contributed by atoms with E-state index in [1.54, 1.807) is 0 Å². The van der Waals surface area contributed by atoms with Crippen LogP contribution >= 0.6 is 0 Å². The van der Waals surface area contributed by atoms with Gasteiger partial charge < -0.3 is 15.4 Å². The number of ether oxygens (including phenoxy) is 1. The summed E-state index contributed by atoms with van der Waals surface area (Å²) in [6.45, 7) is 11.1. The lowest BCUT2D eigenvalue weighted by Gasteiger charge is -2.46. The van der Waals surface area contributed by atoms with E-state index in [0.717, 1.165) is 31.6 Å². The zero-order chi connectivity index (χ0) is 14.7. The normalized spacial score (nSPS) is 28.0. The first-order chi connectivity index (χ1) is 8.74. The summed E-state index contributed by atoms with van der Waals surface area (Å²) in [6.07, 6.45) is 4.01. The van der Waals surface area contributed by atoms with Crippen LogP contribution in [0.15, 0.2) is 0 Å². The van der Waals surface area contributed by atoms with Gasteiger partial charge in [0.2, 0.25) is 0 Å². The van der Waals surface area contributed by atoms with E-state index >= 15 is 0 Å². The Balaban J connectivity index is 2.84. The van der Waals surface area contributed by atoms with Gasteiger partial charge in [-0.3, -0.25) is 0 Å². The summed E-state index contributed by atoms with van der Waals surface area (Å²) in [7, 11) is 0. The van der Waals surface area contributed by atoms with E-state index in [4.69, 9.17) is 10.5 Å². The van der Waals surface area contributed by atoms with Gasteiger partial charge in [0.25, 0.3) is 0 Å². The third kappa shape index (κ3) is 4.10. The average Bonchev–Trinajstić information content (AvgIpc) is 2.30. The molecular weight excluding hydrogens is 240 g/mol. The van der Waals surface area contributed by atoms with Crippen LogP contribution in [0.4, 0.5) is 4.79 Å². The van der Waals surface area contributed by atoms with Crippen LogP contribution in [0.3, 0.4) is 0 Å². The number of rotatable bonds is 3. The minimum Gasteiger partial charge on any atom is -0.444 e. The average molecular weight is 270 g/mol. The molecule has 0 spiro atoms. The van der Waals surface area contributed by atoms with E-state index in [-0.39, 0.29) is 11.6 Å². The van der Waals surface area contributed by atoms with E-state index in [2.05, 4.69) is 6.92 Å². The van der Waals surface area contributed by atoms with Crippen molar-refractivity contribution in [1.29, 1.82) is 0 Å². The predicted molar refractivity (Wildman–Crippen MR) is 78.0 cm³/mol. The number of nitrogens with zero attached hydrogens (tertiary/aromatic N) is 1. The monoisotopic (exact) mass is 270 g/mol. The molecule has 0 unspecified atom stereocenters. The molecule has 1 amide bonds. The van der Waals surface area contributed by atoms with Gasteiger partial charge in [-0.1, -0.05) is 6.92 Å². The van der Waals surface area contributed by atoms with Crippen LogP contribution < -0.4 is 5.73 Å². The lowest BCUT2D eigenvalue weighted by Crippen LogP contribution is -2.58. The molecule has 1 aliphatic rings. The largest absolute Gasteiger partial charge is 0.444 e. The number of likely N-dealkylation sites (N-methyl/N-ethyl adjacent to an activating group) is 1. The van der Waals surface area contributed by atoms with Crippen molar-refractivity contribution in [3.8, 4) is 0 Å². The van der Waals surface area contributed by atoms with Gasteiger partial charge in [-0.25, -0.2) is 4.79 Å². The SMILES string of the molecule is CCN(C(=O)OC(C)(C)C)C1(CN)CCC(C)CC1. The molecule has 4 nitrogen and oxygen atoms in total. The quantitative estimate of drug-likeness (QED) is 0.857. The van der Waals surface area contributed by atoms with Crippen molar-refractivity contribution in [1.82, 2.24) is 4.90 Å². The van der Waals surface area contributed by atoms with Gasteiger partial charge in [-0.05, 0) is 59.3 Å². The van der Waals surface area contributed by atoms with Crippen molar-refractivity contribution in [3.63, 3.8) is 0 Å². The van der Waals surface area contributed by atoms with Crippen molar-refractivity contribution in [2.24, 2.45) is 11.7 Å². The molecule has 0 saturated heterocycles. The molecule has 1 fully saturated rings. The summed E-state index contributed by atoms with van der Waals surface area (Å²) in [6, 6.07) is 0. The van der Waals surface area contributed by atoms with E-state index in [9.17, 15) is 4.79 Å². The topological polar surface area (TPSA) is 55.6 Å². The third-order valence-corrected chi connectivity index (χ3v) is 4.09. The number of carbonyl (C=O) groups is 1. The highest BCUT2D eigenvalue weighted by Gasteiger charge is 2.41. The number of carbonyl (C=O) groups excluding carboxylic acids is 1. The van der Waals surface area contributed by atoms with Gasteiger partial charge in [0, 0.05) is 13.1 Å². The van der Waals surface area contributed by atoms with E-state index in [1.165, 1.54) is 0 Å². The maximum absolute atomic E-state index is 12.4.